The quantitative estimate of drug-likeness (QED) is 0.740. The summed E-state index contributed by atoms with van der Waals surface area (Å²) in [7, 11) is -1.48. The lowest BCUT2D eigenvalue weighted by Crippen LogP contribution is -2.30. The summed E-state index contributed by atoms with van der Waals surface area (Å²) in [5.74, 6) is 0.848. The average Bonchev–Trinajstić information content (AvgIpc) is 3.24. The first-order valence-electron chi connectivity index (χ1n) is 8.19. The third-order valence-electron chi connectivity index (χ3n) is 5.06. The summed E-state index contributed by atoms with van der Waals surface area (Å²) in [5.41, 5.74) is 0. The first-order chi connectivity index (χ1) is 11.9. The number of pyridine rings is 1. The number of thioether (sulfide) groups is 1. The molecular weight excluding hydrogens is 380 g/mol. The minimum Gasteiger partial charge on any atom is -0.329 e. The van der Waals surface area contributed by atoms with Gasteiger partial charge in [-0.25, -0.2) is 18.4 Å². The van der Waals surface area contributed by atoms with Crippen LogP contribution in [-0.2, 0) is 17.1 Å². The van der Waals surface area contributed by atoms with Gasteiger partial charge in [0, 0.05) is 44.0 Å². The lowest BCUT2D eigenvalue weighted by atomic mass is 10.0. The fraction of sp³-hybridized carbons (Fsp3) is 0.500. The van der Waals surface area contributed by atoms with Gasteiger partial charge in [-0.3, -0.25) is 0 Å². The maximum atomic E-state index is 12.8. The molecule has 0 amide bonds. The third-order valence-corrected chi connectivity index (χ3v) is 8.42. The molecule has 0 aromatic carbocycles. The largest absolute Gasteiger partial charge is 0.329 e. The third kappa shape index (κ3) is 3.32. The van der Waals surface area contributed by atoms with Gasteiger partial charge in [0.15, 0.2) is 5.16 Å². The number of aromatic nitrogens is 3. The zero-order valence-electron chi connectivity index (χ0n) is 13.7. The molecule has 0 radical (unpaired) electrons. The first-order valence-corrected chi connectivity index (χ1v) is 10.9. The second kappa shape index (κ2) is 6.57. The molecule has 1 aliphatic heterocycles. The van der Waals surface area contributed by atoms with E-state index in [1.54, 1.807) is 4.31 Å². The Morgan fingerprint density at radius 1 is 1.20 bits per heavy atom. The summed E-state index contributed by atoms with van der Waals surface area (Å²) in [6.45, 7) is 1.18. The number of sulfonamides is 1. The number of halogens is 1. The summed E-state index contributed by atoms with van der Waals surface area (Å²) in [6, 6.07) is 3.05. The number of fused-ring (bicyclic) bond motifs is 1. The van der Waals surface area contributed by atoms with Gasteiger partial charge in [-0.15, -0.1) is 0 Å². The van der Waals surface area contributed by atoms with E-state index in [-0.39, 0.29) is 4.90 Å². The van der Waals surface area contributed by atoms with E-state index in [2.05, 4.69) is 9.97 Å². The average molecular weight is 399 g/mol. The Kier molecular flexibility index (Phi) is 4.56. The van der Waals surface area contributed by atoms with Gasteiger partial charge in [0.1, 0.15) is 10.0 Å². The van der Waals surface area contributed by atoms with Crippen LogP contribution in [-0.4, -0.2) is 45.6 Å². The fourth-order valence-electron chi connectivity index (χ4n) is 3.77. The number of imidazole rings is 1. The lowest BCUT2D eigenvalue weighted by molar-refractivity contribution is 0.446. The maximum absolute atomic E-state index is 12.8. The predicted octanol–water partition coefficient (Wildman–Crippen LogP) is 2.66. The SMILES string of the molecule is Cn1ccnc1S[C@H]1C[C@@H]2CN(S(=O)(=O)c3ccc(Cl)nc3)C[C@@H]2C1. The lowest BCUT2D eigenvalue weighted by Gasteiger charge is -2.18. The van der Waals surface area contributed by atoms with Crippen molar-refractivity contribution in [1.82, 2.24) is 18.8 Å². The molecule has 0 bridgehead atoms. The Morgan fingerprint density at radius 3 is 2.48 bits per heavy atom. The topological polar surface area (TPSA) is 68.1 Å². The van der Waals surface area contributed by atoms with Gasteiger partial charge in [0.05, 0.1) is 0 Å². The van der Waals surface area contributed by atoms with Crippen LogP contribution in [0.2, 0.25) is 5.15 Å². The summed E-state index contributed by atoms with van der Waals surface area (Å²) >= 11 is 7.56. The summed E-state index contributed by atoms with van der Waals surface area (Å²) < 4.78 is 29.2. The standard InChI is InChI=1S/C16H19ClN4O2S2/c1-20-5-4-18-16(20)24-13-6-11-9-21(10-12(11)7-13)25(22,23)14-2-3-15(17)19-8-14/h2-5,8,11-13H,6-7,9-10H2,1H3/t11-,12+,13+. The Bertz CT molecular complexity index is 855. The van der Waals surface area contributed by atoms with Crippen molar-refractivity contribution in [1.29, 1.82) is 0 Å². The molecule has 0 spiro atoms. The van der Waals surface area contributed by atoms with Crippen LogP contribution >= 0.6 is 23.4 Å². The van der Waals surface area contributed by atoms with E-state index in [4.69, 9.17) is 11.6 Å². The van der Waals surface area contributed by atoms with Gasteiger partial charge in [-0.2, -0.15) is 4.31 Å². The minimum absolute atomic E-state index is 0.218. The molecule has 2 aliphatic rings. The molecule has 6 nitrogen and oxygen atoms in total. The molecule has 2 fully saturated rings. The van der Waals surface area contributed by atoms with Crippen LogP contribution in [0.25, 0.3) is 0 Å². The summed E-state index contributed by atoms with van der Waals surface area (Å²) in [6.07, 6.45) is 7.17. The van der Waals surface area contributed by atoms with E-state index in [9.17, 15) is 8.42 Å². The molecule has 2 aromatic heterocycles. The highest BCUT2D eigenvalue weighted by atomic mass is 35.5. The van der Waals surface area contributed by atoms with Gasteiger partial charge in [-0.1, -0.05) is 23.4 Å². The number of nitrogens with zero attached hydrogens (tertiary/aromatic N) is 4. The number of hydrogen-bond donors (Lipinski definition) is 0. The van der Waals surface area contributed by atoms with Crippen molar-refractivity contribution in [2.45, 2.75) is 28.1 Å². The van der Waals surface area contributed by atoms with Gasteiger partial charge >= 0.3 is 0 Å². The molecule has 2 aromatic rings. The highest BCUT2D eigenvalue weighted by Gasteiger charge is 2.45. The second-order valence-electron chi connectivity index (χ2n) is 6.69. The van der Waals surface area contributed by atoms with Gasteiger partial charge in [-0.05, 0) is 36.8 Å². The smallest absolute Gasteiger partial charge is 0.244 e. The first kappa shape index (κ1) is 17.3. The molecule has 134 valence electrons. The zero-order valence-corrected chi connectivity index (χ0v) is 16.1. The molecule has 1 aliphatic carbocycles. The number of rotatable bonds is 4. The van der Waals surface area contributed by atoms with E-state index in [1.807, 2.05) is 35.8 Å². The second-order valence-corrected chi connectivity index (χ2v) is 10.3. The maximum Gasteiger partial charge on any atom is 0.244 e. The molecule has 4 rings (SSSR count). The Hall–Kier alpha value is -1.09. The van der Waals surface area contributed by atoms with Crippen molar-refractivity contribution in [2.75, 3.05) is 13.1 Å². The van der Waals surface area contributed by atoms with E-state index >= 15 is 0 Å². The van der Waals surface area contributed by atoms with Crippen molar-refractivity contribution in [3.05, 3.63) is 35.9 Å². The number of aryl methyl sites for hydroxylation is 1. The van der Waals surface area contributed by atoms with E-state index in [0.717, 1.165) is 18.0 Å². The Labute approximate surface area is 156 Å². The van der Waals surface area contributed by atoms with E-state index < -0.39 is 10.0 Å². The van der Waals surface area contributed by atoms with Crippen LogP contribution in [0.15, 0.2) is 40.8 Å². The molecule has 1 saturated carbocycles. The molecule has 1 saturated heterocycles. The molecule has 0 N–H and O–H groups in total. The Balaban J connectivity index is 1.42. The van der Waals surface area contributed by atoms with Gasteiger partial charge < -0.3 is 4.57 Å². The van der Waals surface area contributed by atoms with Crippen LogP contribution in [0.1, 0.15) is 12.8 Å². The van der Waals surface area contributed by atoms with Crippen LogP contribution in [0.5, 0.6) is 0 Å². The van der Waals surface area contributed by atoms with Gasteiger partial charge in [0.2, 0.25) is 10.0 Å². The molecular formula is C16H19ClN4O2S2. The minimum atomic E-state index is -3.48. The van der Waals surface area contributed by atoms with Crippen LogP contribution < -0.4 is 0 Å². The summed E-state index contributed by atoms with van der Waals surface area (Å²) in [4.78, 5) is 8.49. The monoisotopic (exact) mass is 398 g/mol. The van der Waals surface area contributed by atoms with Crippen molar-refractivity contribution in [3.8, 4) is 0 Å². The van der Waals surface area contributed by atoms with Crippen LogP contribution in [0.3, 0.4) is 0 Å². The summed E-state index contributed by atoms with van der Waals surface area (Å²) in [5, 5.41) is 1.84. The molecule has 3 atom stereocenters. The van der Waals surface area contributed by atoms with Crippen LogP contribution in [0.4, 0.5) is 0 Å². The fourth-order valence-corrected chi connectivity index (χ4v) is 6.72. The molecule has 25 heavy (non-hydrogen) atoms. The van der Waals surface area contributed by atoms with E-state index in [0.29, 0.717) is 35.3 Å². The molecule has 3 heterocycles. The normalized spacial score (nSPS) is 26.9. The zero-order chi connectivity index (χ0) is 17.6. The van der Waals surface area contributed by atoms with Crippen LogP contribution in [0, 0.1) is 11.8 Å². The molecule has 0 unspecified atom stereocenters. The Morgan fingerprint density at radius 2 is 1.92 bits per heavy atom. The van der Waals surface area contributed by atoms with Crippen molar-refractivity contribution < 1.29 is 8.42 Å². The number of hydrogen-bond acceptors (Lipinski definition) is 5. The van der Waals surface area contributed by atoms with Crippen molar-refractivity contribution in [3.63, 3.8) is 0 Å². The highest BCUT2D eigenvalue weighted by molar-refractivity contribution is 7.99. The van der Waals surface area contributed by atoms with E-state index in [1.165, 1.54) is 18.3 Å². The molecule has 9 heteroatoms. The van der Waals surface area contributed by atoms with Gasteiger partial charge in [0.25, 0.3) is 0 Å². The van der Waals surface area contributed by atoms with Crippen molar-refractivity contribution in [2.24, 2.45) is 18.9 Å². The predicted molar refractivity (Wildman–Crippen MR) is 97.1 cm³/mol. The highest BCUT2D eigenvalue weighted by Crippen LogP contribution is 2.45. The van der Waals surface area contributed by atoms with Crippen molar-refractivity contribution >= 4 is 33.4 Å².